The number of benzene rings is 1. The van der Waals surface area contributed by atoms with Crippen LogP contribution in [-0.2, 0) is 15.9 Å². The summed E-state index contributed by atoms with van der Waals surface area (Å²) in [6.07, 6.45) is 3.56. The molecule has 1 aromatic heterocycles. The average molecular weight is 348 g/mol. The molecule has 0 radical (unpaired) electrons. The number of halogens is 1. The summed E-state index contributed by atoms with van der Waals surface area (Å²) in [5.74, 6) is 0.432. The minimum Gasteiger partial charge on any atom is -0.352 e. The van der Waals surface area contributed by atoms with Crippen molar-refractivity contribution in [3.05, 3.63) is 63.4 Å². The summed E-state index contributed by atoms with van der Waals surface area (Å²) in [5, 5.41) is 0.816. The van der Waals surface area contributed by atoms with E-state index in [0.717, 1.165) is 34.7 Å². The van der Waals surface area contributed by atoms with Gasteiger partial charge in [-0.05, 0) is 61.4 Å². The zero-order valence-corrected chi connectivity index (χ0v) is 15.9. The molecule has 1 aromatic carbocycles. The van der Waals surface area contributed by atoms with Gasteiger partial charge in [0.15, 0.2) is 6.29 Å². The molecule has 0 saturated heterocycles. The van der Waals surface area contributed by atoms with Gasteiger partial charge < -0.3 is 9.47 Å². The lowest BCUT2D eigenvalue weighted by molar-refractivity contribution is -0.106. The number of aromatic nitrogens is 1. The highest BCUT2D eigenvalue weighted by Crippen LogP contribution is 2.29. The second-order valence-corrected chi connectivity index (χ2v) is 6.55. The number of pyridine rings is 1. The van der Waals surface area contributed by atoms with E-state index in [-0.39, 0.29) is 6.29 Å². The van der Waals surface area contributed by atoms with E-state index in [1.807, 2.05) is 26.1 Å². The van der Waals surface area contributed by atoms with Crippen molar-refractivity contribution in [1.29, 1.82) is 0 Å². The van der Waals surface area contributed by atoms with E-state index in [0.29, 0.717) is 5.92 Å². The van der Waals surface area contributed by atoms with Crippen LogP contribution in [0.2, 0.25) is 5.02 Å². The lowest BCUT2D eigenvalue weighted by atomic mass is 9.89. The average Bonchev–Trinajstić information content (AvgIpc) is 2.58. The molecule has 130 valence electrons. The Bertz CT molecular complexity index is 683. The monoisotopic (exact) mass is 347 g/mol. The van der Waals surface area contributed by atoms with Crippen LogP contribution in [0.1, 0.15) is 53.5 Å². The molecular formula is C20H26ClNO2. The molecule has 0 N–H and O–H groups in total. The number of rotatable bonds is 7. The van der Waals surface area contributed by atoms with Gasteiger partial charge in [0, 0.05) is 36.7 Å². The van der Waals surface area contributed by atoms with E-state index >= 15 is 0 Å². The van der Waals surface area contributed by atoms with Crippen LogP contribution in [-0.4, -0.2) is 19.2 Å². The number of hydrogen-bond acceptors (Lipinski definition) is 3. The first-order valence-electron chi connectivity index (χ1n) is 8.27. The van der Waals surface area contributed by atoms with Crippen molar-refractivity contribution in [2.24, 2.45) is 0 Å². The maximum Gasteiger partial charge on any atom is 0.184 e. The fourth-order valence-corrected chi connectivity index (χ4v) is 3.12. The van der Waals surface area contributed by atoms with Crippen LogP contribution >= 0.6 is 11.6 Å². The van der Waals surface area contributed by atoms with Gasteiger partial charge in [-0.15, -0.1) is 0 Å². The molecule has 0 aliphatic carbocycles. The topological polar surface area (TPSA) is 31.4 Å². The van der Waals surface area contributed by atoms with E-state index in [1.54, 1.807) is 14.2 Å². The molecule has 1 atom stereocenters. The predicted molar refractivity (Wildman–Crippen MR) is 98.7 cm³/mol. The van der Waals surface area contributed by atoms with Gasteiger partial charge in [-0.1, -0.05) is 30.7 Å². The van der Waals surface area contributed by atoms with Gasteiger partial charge >= 0.3 is 0 Å². The third kappa shape index (κ3) is 4.35. The van der Waals surface area contributed by atoms with Gasteiger partial charge in [-0.3, -0.25) is 4.98 Å². The lowest BCUT2D eigenvalue weighted by Crippen LogP contribution is -2.09. The first kappa shape index (κ1) is 18.9. The standard InChI is InChI=1S/C20H26ClNO2/c1-6-16(17-7-8-19(21)13(2)9-17)10-15-11-18(14(3)22-12-15)20(23-4)24-5/h7-9,11-12,16,20H,6,10H2,1-5H3/t16-/m0/s1. The van der Waals surface area contributed by atoms with Crippen molar-refractivity contribution in [2.75, 3.05) is 14.2 Å². The summed E-state index contributed by atoms with van der Waals surface area (Å²) in [7, 11) is 3.29. The minimum absolute atomic E-state index is 0.379. The Hall–Kier alpha value is -1.42. The van der Waals surface area contributed by atoms with E-state index in [2.05, 4.69) is 30.1 Å². The van der Waals surface area contributed by atoms with E-state index in [9.17, 15) is 0 Å². The van der Waals surface area contributed by atoms with Crippen molar-refractivity contribution >= 4 is 11.6 Å². The second kappa shape index (κ2) is 8.61. The summed E-state index contributed by atoms with van der Waals surface area (Å²) in [5.41, 5.74) is 5.54. The molecule has 2 aromatic rings. The van der Waals surface area contributed by atoms with Crippen LogP contribution in [0.4, 0.5) is 0 Å². The Morgan fingerprint density at radius 2 is 1.83 bits per heavy atom. The number of nitrogens with zero attached hydrogens (tertiary/aromatic N) is 1. The van der Waals surface area contributed by atoms with E-state index < -0.39 is 0 Å². The summed E-state index contributed by atoms with van der Waals surface area (Å²) in [4.78, 5) is 4.53. The zero-order chi connectivity index (χ0) is 17.7. The molecule has 0 aliphatic heterocycles. The molecule has 0 saturated carbocycles. The van der Waals surface area contributed by atoms with Gasteiger partial charge in [-0.2, -0.15) is 0 Å². The molecular weight excluding hydrogens is 322 g/mol. The van der Waals surface area contributed by atoms with Crippen molar-refractivity contribution in [1.82, 2.24) is 4.98 Å². The molecule has 4 heteroatoms. The van der Waals surface area contributed by atoms with Gasteiger partial charge in [-0.25, -0.2) is 0 Å². The maximum absolute atomic E-state index is 6.16. The molecule has 24 heavy (non-hydrogen) atoms. The number of methoxy groups -OCH3 is 2. The summed E-state index contributed by atoms with van der Waals surface area (Å²) in [6.45, 7) is 6.24. The van der Waals surface area contributed by atoms with E-state index in [1.165, 1.54) is 11.1 Å². The fraction of sp³-hybridized carbons (Fsp3) is 0.450. The van der Waals surface area contributed by atoms with Crippen LogP contribution in [0.15, 0.2) is 30.5 Å². The SMILES string of the molecule is CC[C@@H](Cc1cnc(C)c(C(OC)OC)c1)c1ccc(Cl)c(C)c1. The summed E-state index contributed by atoms with van der Waals surface area (Å²) in [6, 6.07) is 8.44. The number of aryl methyl sites for hydroxylation is 2. The van der Waals surface area contributed by atoms with Gasteiger partial charge in [0.1, 0.15) is 0 Å². The second-order valence-electron chi connectivity index (χ2n) is 6.14. The Kier molecular flexibility index (Phi) is 6.79. The molecule has 1 heterocycles. The summed E-state index contributed by atoms with van der Waals surface area (Å²) < 4.78 is 10.8. The summed E-state index contributed by atoms with van der Waals surface area (Å²) >= 11 is 6.16. The van der Waals surface area contributed by atoms with Crippen molar-refractivity contribution in [3.63, 3.8) is 0 Å². The third-order valence-electron chi connectivity index (χ3n) is 4.49. The Morgan fingerprint density at radius 3 is 2.42 bits per heavy atom. The van der Waals surface area contributed by atoms with Crippen molar-refractivity contribution < 1.29 is 9.47 Å². The van der Waals surface area contributed by atoms with Gasteiger partial charge in [0.25, 0.3) is 0 Å². The normalized spacial score (nSPS) is 12.6. The molecule has 0 fully saturated rings. The number of hydrogen-bond donors (Lipinski definition) is 0. The molecule has 0 bridgehead atoms. The van der Waals surface area contributed by atoms with Crippen LogP contribution in [0.5, 0.6) is 0 Å². The molecule has 0 spiro atoms. The molecule has 2 rings (SSSR count). The Labute approximate surface area is 150 Å². The molecule has 3 nitrogen and oxygen atoms in total. The third-order valence-corrected chi connectivity index (χ3v) is 4.92. The highest BCUT2D eigenvalue weighted by Gasteiger charge is 2.16. The highest BCUT2D eigenvalue weighted by molar-refractivity contribution is 6.31. The van der Waals surface area contributed by atoms with Crippen LogP contribution < -0.4 is 0 Å². The van der Waals surface area contributed by atoms with Gasteiger partial charge in [0.05, 0.1) is 0 Å². The minimum atomic E-state index is -0.379. The first-order valence-corrected chi connectivity index (χ1v) is 8.65. The molecule has 0 amide bonds. The maximum atomic E-state index is 6.16. The molecule has 0 aliphatic rings. The van der Waals surface area contributed by atoms with Crippen molar-refractivity contribution in [2.45, 2.75) is 45.8 Å². The fourth-order valence-electron chi connectivity index (χ4n) is 3.00. The van der Waals surface area contributed by atoms with Gasteiger partial charge in [0.2, 0.25) is 0 Å². The predicted octanol–water partition coefficient (Wildman–Crippen LogP) is 5.38. The molecule has 0 unspecified atom stereocenters. The smallest absolute Gasteiger partial charge is 0.184 e. The van der Waals surface area contributed by atoms with E-state index in [4.69, 9.17) is 21.1 Å². The lowest BCUT2D eigenvalue weighted by Gasteiger charge is -2.19. The quantitative estimate of drug-likeness (QED) is 0.630. The first-order chi connectivity index (χ1) is 11.5. The largest absolute Gasteiger partial charge is 0.352 e. The Morgan fingerprint density at radius 1 is 1.12 bits per heavy atom. The van der Waals surface area contributed by atoms with Crippen molar-refractivity contribution in [3.8, 4) is 0 Å². The van der Waals surface area contributed by atoms with Crippen LogP contribution in [0.3, 0.4) is 0 Å². The van der Waals surface area contributed by atoms with Crippen LogP contribution in [0.25, 0.3) is 0 Å². The zero-order valence-electron chi connectivity index (χ0n) is 15.1. The van der Waals surface area contributed by atoms with Crippen LogP contribution in [0, 0.1) is 13.8 Å². The Balaban J connectivity index is 2.27. The highest BCUT2D eigenvalue weighted by atomic mass is 35.5. The number of ether oxygens (including phenoxy) is 2.